The van der Waals surface area contributed by atoms with Gasteiger partial charge < -0.3 is 15.5 Å². The van der Waals surface area contributed by atoms with Crippen molar-refractivity contribution in [3.05, 3.63) is 34.6 Å². The van der Waals surface area contributed by atoms with Crippen LogP contribution in [0.1, 0.15) is 67.8 Å². The lowest BCUT2D eigenvalue weighted by atomic mass is 10.0. The predicted molar refractivity (Wildman–Crippen MR) is 128 cm³/mol. The number of hydrogen-bond acceptors (Lipinski definition) is 8. The monoisotopic (exact) mass is 500 g/mol. The average Bonchev–Trinajstić information content (AvgIpc) is 3.64. The molecule has 0 aromatic carbocycles. The highest BCUT2D eigenvalue weighted by atomic mass is 32.1. The van der Waals surface area contributed by atoms with Gasteiger partial charge in [0.1, 0.15) is 17.6 Å². The standard InChI is InChI=1S/C23H26F2N8OS/c24-23(25)8-7-14-18(23)28-21(33-10-3-6-16(33)20(34)30-22-26-9-11-35-22)29-19(14)27-17-12-15(31-32-17)13-4-1-2-5-13/h9,11-13,16H,1-8,10H2,(H,26,30,34)(H2,27,28,29,31,32)/t16-/m1/s1. The number of halogens is 2. The zero-order chi connectivity index (χ0) is 24.0. The molecule has 3 aromatic rings. The van der Waals surface area contributed by atoms with Crippen molar-refractivity contribution in [3.63, 3.8) is 0 Å². The van der Waals surface area contributed by atoms with Gasteiger partial charge in [0, 0.05) is 47.8 Å². The van der Waals surface area contributed by atoms with Gasteiger partial charge in [-0.3, -0.25) is 9.89 Å². The lowest BCUT2D eigenvalue weighted by Crippen LogP contribution is -2.41. The van der Waals surface area contributed by atoms with E-state index in [0.717, 1.165) is 25.0 Å². The first-order valence-corrected chi connectivity index (χ1v) is 12.9. The Labute approximate surface area is 204 Å². The Morgan fingerprint density at radius 3 is 2.86 bits per heavy atom. The van der Waals surface area contributed by atoms with Crippen molar-refractivity contribution in [2.45, 2.75) is 69.2 Å². The van der Waals surface area contributed by atoms with Crippen LogP contribution in [0.25, 0.3) is 0 Å². The maximum absolute atomic E-state index is 14.8. The topological polar surface area (TPSA) is 112 Å². The smallest absolute Gasteiger partial charge is 0.290 e. The number of nitrogens with zero attached hydrogens (tertiary/aromatic N) is 5. The number of rotatable bonds is 6. The molecule has 0 unspecified atom stereocenters. The van der Waals surface area contributed by atoms with Crippen molar-refractivity contribution >= 4 is 40.0 Å². The van der Waals surface area contributed by atoms with Gasteiger partial charge in [-0.25, -0.2) is 9.97 Å². The quantitative estimate of drug-likeness (QED) is 0.450. The molecular formula is C23H26F2N8OS. The lowest BCUT2D eigenvalue weighted by molar-refractivity contribution is -0.117. The van der Waals surface area contributed by atoms with Crippen molar-refractivity contribution in [1.82, 2.24) is 25.1 Å². The van der Waals surface area contributed by atoms with Gasteiger partial charge in [0.15, 0.2) is 10.9 Å². The Kier molecular flexibility index (Phi) is 5.62. The molecule has 3 aromatic heterocycles. The summed E-state index contributed by atoms with van der Waals surface area (Å²) in [7, 11) is 0. The Bertz CT molecular complexity index is 1220. The van der Waals surface area contributed by atoms with Gasteiger partial charge in [0.05, 0.1) is 0 Å². The molecule has 9 nitrogen and oxygen atoms in total. The molecule has 35 heavy (non-hydrogen) atoms. The van der Waals surface area contributed by atoms with Gasteiger partial charge in [-0.15, -0.1) is 11.3 Å². The second-order valence-electron chi connectivity index (χ2n) is 9.40. The summed E-state index contributed by atoms with van der Waals surface area (Å²) in [4.78, 5) is 27.7. The van der Waals surface area contributed by atoms with E-state index in [2.05, 4.69) is 35.8 Å². The summed E-state index contributed by atoms with van der Waals surface area (Å²) in [5.74, 6) is -1.81. The number of carbonyl (C=O) groups is 1. The van der Waals surface area contributed by atoms with Crippen LogP contribution >= 0.6 is 11.3 Å². The van der Waals surface area contributed by atoms with E-state index < -0.39 is 12.0 Å². The molecule has 3 N–H and O–H groups in total. The molecule has 12 heteroatoms. The summed E-state index contributed by atoms with van der Waals surface area (Å²) in [6, 6.07) is 1.39. The van der Waals surface area contributed by atoms with Crippen molar-refractivity contribution < 1.29 is 13.6 Å². The van der Waals surface area contributed by atoms with Gasteiger partial charge in [-0.05, 0) is 32.1 Å². The van der Waals surface area contributed by atoms with Crippen LogP contribution < -0.4 is 15.5 Å². The van der Waals surface area contributed by atoms with E-state index in [1.54, 1.807) is 16.5 Å². The molecule has 0 radical (unpaired) electrons. The SMILES string of the molecule is O=C(Nc1nccs1)[C@H]1CCCN1c1nc(Nc2cc(C3CCCC3)[nH]n2)c2c(n1)C(F)(F)CC2. The minimum Gasteiger partial charge on any atom is -0.329 e. The Hall–Kier alpha value is -3.15. The van der Waals surface area contributed by atoms with Crippen LogP contribution in [-0.4, -0.2) is 43.6 Å². The molecule has 1 amide bonds. The Balaban J connectivity index is 1.30. The number of amides is 1. The molecule has 0 spiro atoms. The number of H-pyrrole nitrogens is 1. The summed E-state index contributed by atoms with van der Waals surface area (Å²) in [6.07, 6.45) is 7.47. The zero-order valence-corrected chi connectivity index (χ0v) is 19.9. The highest BCUT2D eigenvalue weighted by Gasteiger charge is 2.44. The summed E-state index contributed by atoms with van der Waals surface area (Å²) in [5.41, 5.74) is 1.20. The first-order chi connectivity index (χ1) is 17.0. The average molecular weight is 501 g/mol. The number of aromatic amines is 1. The van der Waals surface area contributed by atoms with Gasteiger partial charge in [-0.2, -0.15) is 18.9 Å². The molecular weight excluding hydrogens is 474 g/mol. The van der Waals surface area contributed by atoms with Gasteiger partial charge in [-0.1, -0.05) is 12.8 Å². The fourth-order valence-electron chi connectivity index (χ4n) is 5.36. The molecule has 4 heterocycles. The molecule has 1 saturated heterocycles. The van der Waals surface area contributed by atoms with Crippen molar-refractivity contribution in [3.8, 4) is 0 Å². The number of thiazole rings is 1. The van der Waals surface area contributed by atoms with E-state index in [0.29, 0.717) is 41.2 Å². The van der Waals surface area contributed by atoms with Gasteiger partial charge in [0.2, 0.25) is 11.9 Å². The molecule has 1 atom stereocenters. The maximum atomic E-state index is 14.8. The number of anilines is 4. The first-order valence-electron chi connectivity index (χ1n) is 12.1. The second-order valence-corrected chi connectivity index (χ2v) is 10.3. The van der Waals surface area contributed by atoms with E-state index in [9.17, 15) is 13.6 Å². The van der Waals surface area contributed by atoms with Crippen LogP contribution in [0.2, 0.25) is 0 Å². The number of alkyl halides is 2. The number of hydrogen-bond donors (Lipinski definition) is 3. The fourth-order valence-corrected chi connectivity index (χ4v) is 5.90. The second kappa shape index (κ2) is 8.81. The third kappa shape index (κ3) is 4.24. The van der Waals surface area contributed by atoms with Crippen molar-refractivity contribution in [2.24, 2.45) is 0 Å². The largest absolute Gasteiger partial charge is 0.329 e. The molecule has 3 aliphatic rings. The fraction of sp³-hybridized carbons (Fsp3) is 0.522. The molecule has 2 fully saturated rings. The molecule has 1 aliphatic heterocycles. The van der Waals surface area contributed by atoms with Crippen molar-refractivity contribution in [2.75, 3.05) is 22.1 Å². The molecule has 1 saturated carbocycles. The summed E-state index contributed by atoms with van der Waals surface area (Å²) < 4.78 is 29.6. The third-order valence-corrected chi connectivity index (χ3v) is 7.83. The number of nitrogens with one attached hydrogen (secondary N) is 3. The summed E-state index contributed by atoms with van der Waals surface area (Å²) >= 11 is 1.33. The van der Waals surface area contributed by atoms with Crippen LogP contribution in [-0.2, 0) is 17.1 Å². The molecule has 0 bridgehead atoms. The van der Waals surface area contributed by atoms with E-state index in [1.165, 1.54) is 24.2 Å². The first kappa shape index (κ1) is 22.3. The summed E-state index contributed by atoms with van der Waals surface area (Å²) in [6.45, 7) is 0.508. The van der Waals surface area contributed by atoms with Gasteiger partial charge in [0.25, 0.3) is 5.92 Å². The van der Waals surface area contributed by atoms with Crippen LogP contribution in [0.15, 0.2) is 17.6 Å². The summed E-state index contributed by atoms with van der Waals surface area (Å²) in [5, 5.41) is 15.7. The van der Waals surface area contributed by atoms with E-state index in [1.807, 2.05) is 6.07 Å². The molecule has 184 valence electrons. The third-order valence-electron chi connectivity index (χ3n) is 7.14. The minimum absolute atomic E-state index is 0.135. The van der Waals surface area contributed by atoms with Crippen LogP contribution in [0.5, 0.6) is 0 Å². The van der Waals surface area contributed by atoms with E-state index in [4.69, 9.17) is 0 Å². The molecule has 2 aliphatic carbocycles. The number of fused-ring (bicyclic) bond motifs is 1. The van der Waals surface area contributed by atoms with Crippen molar-refractivity contribution in [1.29, 1.82) is 0 Å². The number of aromatic nitrogens is 5. The highest BCUT2D eigenvalue weighted by Crippen LogP contribution is 2.44. The van der Waals surface area contributed by atoms with Gasteiger partial charge >= 0.3 is 0 Å². The maximum Gasteiger partial charge on any atom is 0.290 e. The van der Waals surface area contributed by atoms with Crippen LogP contribution in [0, 0.1) is 0 Å². The number of carbonyl (C=O) groups excluding carboxylic acids is 1. The predicted octanol–water partition coefficient (Wildman–Crippen LogP) is 4.70. The molecule has 6 rings (SSSR count). The van der Waals surface area contributed by atoms with E-state index >= 15 is 0 Å². The Morgan fingerprint density at radius 2 is 2.06 bits per heavy atom. The minimum atomic E-state index is -3.04. The van der Waals surface area contributed by atoms with Crippen LogP contribution in [0.3, 0.4) is 0 Å². The zero-order valence-electron chi connectivity index (χ0n) is 19.1. The lowest BCUT2D eigenvalue weighted by Gasteiger charge is -2.25. The Morgan fingerprint density at radius 1 is 1.20 bits per heavy atom. The highest BCUT2D eigenvalue weighted by molar-refractivity contribution is 7.13. The van der Waals surface area contributed by atoms with Crippen LogP contribution in [0.4, 0.5) is 31.5 Å². The van der Waals surface area contributed by atoms with E-state index in [-0.39, 0.29) is 30.4 Å². The normalized spacial score (nSPS) is 21.4.